The van der Waals surface area contributed by atoms with Gasteiger partial charge in [-0.2, -0.15) is 18.3 Å². The number of carbonyl (C=O) groups excluding carboxylic acids is 1. The highest BCUT2D eigenvalue weighted by Crippen LogP contribution is 2.37. The molecule has 10 heteroatoms. The Morgan fingerprint density at radius 1 is 1.36 bits per heavy atom. The smallest absolute Gasteiger partial charge is 0.433 e. The zero-order chi connectivity index (χ0) is 20.1. The predicted molar refractivity (Wildman–Crippen MR) is 96.6 cm³/mol. The Labute approximate surface area is 162 Å². The topological polar surface area (TPSA) is 79.9 Å². The van der Waals surface area contributed by atoms with E-state index in [2.05, 4.69) is 20.5 Å². The number of aromatic amines is 1. The van der Waals surface area contributed by atoms with Crippen LogP contribution in [0.4, 0.5) is 19.0 Å². The maximum atomic E-state index is 12.9. The number of rotatable bonds is 2. The fourth-order valence-electron chi connectivity index (χ4n) is 3.29. The number of halogens is 4. The second kappa shape index (κ2) is 6.66. The number of hydrogen-bond donors (Lipinski definition) is 2. The van der Waals surface area contributed by atoms with Gasteiger partial charge in [0.25, 0.3) is 0 Å². The van der Waals surface area contributed by atoms with Crippen LogP contribution < -0.4 is 10.1 Å². The fourth-order valence-corrected chi connectivity index (χ4v) is 3.47. The third-order valence-electron chi connectivity index (χ3n) is 4.59. The highest BCUT2D eigenvalue weighted by atomic mass is 35.5. The van der Waals surface area contributed by atoms with Crippen molar-refractivity contribution in [2.75, 3.05) is 11.9 Å². The van der Waals surface area contributed by atoms with Crippen LogP contribution in [-0.4, -0.2) is 27.7 Å². The van der Waals surface area contributed by atoms with Crippen LogP contribution in [0.25, 0.3) is 11.0 Å². The Morgan fingerprint density at radius 3 is 2.89 bits per heavy atom. The summed E-state index contributed by atoms with van der Waals surface area (Å²) in [6.07, 6.45) is -4.13. The van der Waals surface area contributed by atoms with Gasteiger partial charge in [-0.15, -0.1) is 0 Å². The molecule has 0 spiro atoms. The molecule has 1 amide bonds. The molecule has 1 atom stereocenters. The molecule has 4 rings (SSSR count). The zero-order valence-corrected chi connectivity index (χ0v) is 15.3. The molecule has 3 aromatic rings. The fraction of sp³-hybridized carbons (Fsp3) is 0.278. The molecular formula is C18H14ClF3N4O2. The summed E-state index contributed by atoms with van der Waals surface area (Å²) >= 11 is 6.04. The minimum atomic E-state index is -4.57. The standard InChI is InChI=1S/C18H14ClF3N4O2/c1-8-6-13(18(20,21)22)23-15-14(8)16(26-25-15)24-17(27)10-4-5-28-12-3-2-9(19)7-11(10)12/h2-3,6-7,10H,4-5H2,1H3,(H2,23,24,25,26,27). The molecule has 2 aromatic heterocycles. The number of aromatic nitrogens is 3. The quantitative estimate of drug-likeness (QED) is 0.654. The van der Waals surface area contributed by atoms with Gasteiger partial charge in [-0.25, -0.2) is 4.98 Å². The molecule has 1 aliphatic rings. The van der Waals surface area contributed by atoms with E-state index in [1.165, 1.54) is 6.92 Å². The molecule has 0 aliphatic carbocycles. The van der Waals surface area contributed by atoms with Crippen LogP contribution >= 0.6 is 11.6 Å². The zero-order valence-electron chi connectivity index (χ0n) is 14.5. The Balaban J connectivity index is 1.66. The summed E-state index contributed by atoms with van der Waals surface area (Å²) in [4.78, 5) is 16.4. The van der Waals surface area contributed by atoms with Crippen molar-refractivity contribution in [2.45, 2.75) is 25.4 Å². The van der Waals surface area contributed by atoms with E-state index in [0.29, 0.717) is 40.3 Å². The lowest BCUT2D eigenvalue weighted by atomic mass is 9.92. The first-order valence-electron chi connectivity index (χ1n) is 8.40. The number of aryl methyl sites for hydroxylation is 1. The number of hydrogen-bond acceptors (Lipinski definition) is 4. The number of amides is 1. The molecule has 1 unspecified atom stereocenters. The van der Waals surface area contributed by atoms with Gasteiger partial charge in [0.2, 0.25) is 5.91 Å². The van der Waals surface area contributed by atoms with Gasteiger partial charge in [-0.1, -0.05) is 11.6 Å². The number of fused-ring (bicyclic) bond motifs is 2. The Hall–Kier alpha value is -2.81. The maximum Gasteiger partial charge on any atom is 0.433 e. The normalized spacial score (nSPS) is 16.5. The summed E-state index contributed by atoms with van der Waals surface area (Å²) in [5.41, 5.74) is -0.104. The van der Waals surface area contributed by atoms with E-state index in [-0.39, 0.29) is 17.4 Å². The van der Waals surface area contributed by atoms with E-state index in [9.17, 15) is 18.0 Å². The molecule has 28 heavy (non-hydrogen) atoms. The Morgan fingerprint density at radius 2 is 2.14 bits per heavy atom. The lowest BCUT2D eigenvalue weighted by Crippen LogP contribution is -2.26. The van der Waals surface area contributed by atoms with Crippen LogP contribution in [0.5, 0.6) is 5.75 Å². The number of anilines is 1. The number of ether oxygens (including phenoxy) is 1. The van der Waals surface area contributed by atoms with Gasteiger partial charge in [0, 0.05) is 10.6 Å². The average molecular weight is 411 g/mol. The van der Waals surface area contributed by atoms with Gasteiger partial charge < -0.3 is 10.1 Å². The van der Waals surface area contributed by atoms with Crippen molar-refractivity contribution in [1.29, 1.82) is 0 Å². The molecule has 0 radical (unpaired) electrons. The minimum Gasteiger partial charge on any atom is -0.493 e. The van der Waals surface area contributed by atoms with Crippen LogP contribution in [0.1, 0.15) is 29.2 Å². The molecule has 0 saturated carbocycles. The van der Waals surface area contributed by atoms with Crippen molar-refractivity contribution >= 4 is 34.4 Å². The Kier molecular flexibility index (Phi) is 4.41. The monoisotopic (exact) mass is 410 g/mol. The SMILES string of the molecule is Cc1cc(C(F)(F)F)nc2[nH]nc(NC(=O)C3CCOc4ccc(Cl)cc43)c12. The average Bonchev–Trinajstić information content (AvgIpc) is 3.03. The maximum absolute atomic E-state index is 12.9. The van der Waals surface area contributed by atoms with Crippen molar-refractivity contribution in [3.05, 3.63) is 46.1 Å². The third-order valence-corrected chi connectivity index (χ3v) is 4.82. The van der Waals surface area contributed by atoms with Gasteiger partial charge in [0.15, 0.2) is 11.5 Å². The van der Waals surface area contributed by atoms with E-state index < -0.39 is 17.8 Å². The minimum absolute atomic E-state index is 0.0435. The van der Waals surface area contributed by atoms with Crippen LogP contribution in [0.2, 0.25) is 5.02 Å². The lowest BCUT2D eigenvalue weighted by molar-refractivity contribution is -0.141. The molecular weight excluding hydrogens is 397 g/mol. The Bertz CT molecular complexity index is 1080. The third kappa shape index (κ3) is 3.26. The summed E-state index contributed by atoms with van der Waals surface area (Å²) in [5, 5.41) is 9.90. The number of alkyl halides is 3. The summed E-state index contributed by atoms with van der Waals surface area (Å²) in [6.45, 7) is 1.87. The molecule has 0 saturated heterocycles. The van der Waals surface area contributed by atoms with E-state index in [1.54, 1.807) is 18.2 Å². The van der Waals surface area contributed by atoms with Crippen molar-refractivity contribution in [1.82, 2.24) is 15.2 Å². The highest BCUT2D eigenvalue weighted by Gasteiger charge is 2.34. The van der Waals surface area contributed by atoms with E-state index in [0.717, 1.165) is 6.07 Å². The summed E-state index contributed by atoms with van der Waals surface area (Å²) in [6, 6.07) is 5.98. The lowest BCUT2D eigenvalue weighted by Gasteiger charge is -2.25. The van der Waals surface area contributed by atoms with Crippen molar-refractivity contribution in [3.63, 3.8) is 0 Å². The molecule has 6 nitrogen and oxygen atoms in total. The van der Waals surface area contributed by atoms with Gasteiger partial charge in [-0.05, 0) is 43.2 Å². The molecule has 3 heterocycles. The van der Waals surface area contributed by atoms with E-state index in [1.807, 2.05) is 0 Å². The van der Waals surface area contributed by atoms with E-state index >= 15 is 0 Å². The summed E-state index contributed by atoms with van der Waals surface area (Å²) in [7, 11) is 0. The largest absolute Gasteiger partial charge is 0.493 e. The molecule has 2 N–H and O–H groups in total. The second-order valence-electron chi connectivity index (χ2n) is 6.48. The van der Waals surface area contributed by atoms with Crippen molar-refractivity contribution in [2.24, 2.45) is 0 Å². The van der Waals surface area contributed by atoms with Gasteiger partial charge in [0.1, 0.15) is 11.4 Å². The number of carbonyl (C=O) groups is 1. The number of H-pyrrole nitrogens is 1. The first-order valence-corrected chi connectivity index (χ1v) is 8.78. The first-order chi connectivity index (χ1) is 13.2. The van der Waals surface area contributed by atoms with E-state index in [4.69, 9.17) is 16.3 Å². The summed E-state index contributed by atoms with van der Waals surface area (Å²) < 4.78 is 44.4. The van der Waals surface area contributed by atoms with Crippen molar-refractivity contribution in [3.8, 4) is 5.75 Å². The van der Waals surface area contributed by atoms with Gasteiger partial charge in [-0.3, -0.25) is 9.89 Å². The van der Waals surface area contributed by atoms with Gasteiger partial charge in [0.05, 0.1) is 17.9 Å². The number of benzene rings is 1. The molecule has 1 aromatic carbocycles. The van der Waals surface area contributed by atoms with Crippen LogP contribution in [0.15, 0.2) is 24.3 Å². The second-order valence-corrected chi connectivity index (χ2v) is 6.92. The van der Waals surface area contributed by atoms with Crippen LogP contribution in [-0.2, 0) is 11.0 Å². The van der Waals surface area contributed by atoms with Crippen molar-refractivity contribution < 1.29 is 22.7 Å². The van der Waals surface area contributed by atoms with Gasteiger partial charge >= 0.3 is 6.18 Å². The molecule has 146 valence electrons. The number of pyridine rings is 1. The highest BCUT2D eigenvalue weighted by molar-refractivity contribution is 6.30. The number of nitrogens with one attached hydrogen (secondary N) is 2. The number of nitrogens with zero attached hydrogens (tertiary/aromatic N) is 2. The van der Waals surface area contributed by atoms with Crippen LogP contribution in [0, 0.1) is 6.92 Å². The molecule has 1 aliphatic heterocycles. The predicted octanol–water partition coefficient (Wildman–Crippen LogP) is 4.44. The first kappa shape index (κ1) is 18.5. The molecule has 0 bridgehead atoms. The van der Waals surface area contributed by atoms with Crippen LogP contribution in [0.3, 0.4) is 0 Å². The summed E-state index contributed by atoms with van der Waals surface area (Å²) in [5.74, 6) is -0.152. The molecule has 0 fully saturated rings.